The number of halogens is 1. The molecule has 8 nitrogen and oxygen atoms in total. The minimum Gasteiger partial charge on any atom is -0.502 e. The molecular formula is C26H27BrN4O4. The molecule has 9 heteroatoms. The summed E-state index contributed by atoms with van der Waals surface area (Å²) >= 11 is 0. The molecule has 1 aromatic heterocycles. The number of benzene rings is 3. The molecule has 1 heterocycles. The standard InChI is InChI=1S/C26H26N4O4.BrH/c1-26(2,3)19-13-18(14-22(24(19)32)30(33)34)23(31)16-29-21-12-8-7-11-20(21)28(25(29)27)15-17-9-5-4-6-10-17;/h4-14,27,32H,15-16H2,1-3H3;1H. The summed E-state index contributed by atoms with van der Waals surface area (Å²) in [6.45, 7) is 5.75. The Hall–Kier alpha value is -3.72. The van der Waals surface area contributed by atoms with Crippen LogP contribution in [0.1, 0.15) is 42.3 Å². The second-order valence-corrected chi connectivity index (χ2v) is 9.29. The Balaban J connectivity index is 0.00000342. The maximum absolute atomic E-state index is 13.3. The zero-order chi connectivity index (χ0) is 24.6. The number of nitro benzene ring substituents is 1. The maximum atomic E-state index is 13.3. The number of ketones is 1. The fraction of sp³-hybridized carbons (Fsp3) is 0.231. The molecule has 2 N–H and O–H groups in total. The number of carbonyl (C=O) groups is 1. The summed E-state index contributed by atoms with van der Waals surface area (Å²) < 4.78 is 3.44. The van der Waals surface area contributed by atoms with Crippen molar-refractivity contribution in [2.75, 3.05) is 0 Å². The highest BCUT2D eigenvalue weighted by molar-refractivity contribution is 8.93. The number of rotatable bonds is 6. The lowest BCUT2D eigenvalue weighted by Crippen LogP contribution is -2.28. The van der Waals surface area contributed by atoms with Gasteiger partial charge in [-0.25, -0.2) is 0 Å². The van der Waals surface area contributed by atoms with Gasteiger partial charge < -0.3 is 14.2 Å². The fourth-order valence-corrected chi connectivity index (χ4v) is 4.11. The number of nitrogens with one attached hydrogen (secondary N) is 1. The number of carbonyl (C=O) groups excluding carboxylic acids is 1. The van der Waals surface area contributed by atoms with Crippen molar-refractivity contribution in [2.45, 2.75) is 39.3 Å². The highest BCUT2D eigenvalue weighted by Crippen LogP contribution is 2.38. The van der Waals surface area contributed by atoms with Crippen LogP contribution in [0.25, 0.3) is 11.0 Å². The minimum atomic E-state index is -0.684. The van der Waals surface area contributed by atoms with Crippen LogP contribution in [-0.4, -0.2) is 24.9 Å². The molecule has 0 unspecified atom stereocenters. The van der Waals surface area contributed by atoms with Gasteiger partial charge in [-0.3, -0.25) is 20.3 Å². The molecule has 0 saturated heterocycles. The predicted molar refractivity (Wildman–Crippen MR) is 139 cm³/mol. The molecule has 4 aromatic rings. The Labute approximate surface area is 212 Å². The number of aromatic hydroxyl groups is 1. The zero-order valence-electron chi connectivity index (χ0n) is 19.7. The van der Waals surface area contributed by atoms with E-state index in [4.69, 9.17) is 5.41 Å². The lowest BCUT2D eigenvalue weighted by molar-refractivity contribution is -0.386. The van der Waals surface area contributed by atoms with Crippen LogP contribution in [0.15, 0.2) is 66.7 Å². The number of para-hydroxylation sites is 2. The van der Waals surface area contributed by atoms with Gasteiger partial charge in [0.1, 0.15) is 0 Å². The molecule has 0 bridgehead atoms. The van der Waals surface area contributed by atoms with E-state index in [9.17, 15) is 20.0 Å². The molecule has 0 atom stereocenters. The van der Waals surface area contributed by atoms with Gasteiger partial charge in [-0.2, -0.15) is 0 Å². The monoisotopic (exact) mass is 538 g/mol. The molecule has 0 fully saturated rings. The number of phenolic OH excluding ortho intramolecular Hbond substituents is 1. The number of nitrogens with zero attached hydrogens (tertiary/aromatic N) is 3. The van der Waals surface area contributed by atoms with Gasteiger partial charge in [0, 0.05) is 17.2 Å². The molecule has 0 aliphatic rings. The van der Waals surface area contributed by atoms with E-state index in [-0.39, 0.29) is 40.5 Å². The summed E-state index contributed by atoms with van der Waals surface area (Å²) in [5, 5.41) is 30.8. The Bertz CT molecular complexity index is 1470. The molecule has 0 spiro atoms. The molecule has 35 heavy (non-hydrogen) atoms. The van der Waals surface area contributed by atoms with E-state index in [1.54, 1.807) is 4.57 Å². The number of hydrogen-bond acceptors (Lipinski definition) is 5. The number of hydrogen-bond donors (Lipinski definition) is 2. The predicted octanol–water partition coefficient (Wildman–Crippen LogP) is 5.34. The van der Waals surface area contributed by atoms with E-state index in [1.165, 1.54) is 6.07 Å². The van der Waals surface area contributed by atoms with Crippen molar-refractivity contribution < 1.29 is 14.8 Å². The molecule has 0 amide bonds. The van der Waals surface area contributed by atoms with Gasteiger partial charge in [-0.15, -0.1) is 17.0 Å². The van der Waals surface area contributed by atoms with Gasteiger partial charge in [-0.05, 0) is 29.2 Å². The van der Waals surface area contributed by atoms with E-state index in [1.807, 2.05) is 79.9 Å². The lowest BCUT2D eigenvalue weighted by Gasteiger charge is -2.21. The molecule has 0 aliphatic carbocycles. The van der Waals surface area contributed by atoms with Crippen molar-refractivity contribution >= 4 is 39.5 Å². The van der Waals surface area contributed by atoms with Gasteiger partial charge in [0.15, 0.2) is 11.5 Å². The molecule has 4 rings (SSSR count). The average Bonchev–Trinajstić information content (AvgIpc) is 3.05. The lowest BCUT2D eigenvalue weighted by atomic mass is 9.84. The number of nitro groups is 1. The number of fused-ring (bicyclic) bond motifs is 1. The Morgan fingerprint density at radius 3 is 2.14 bits per heavy atom. The molecule has 0 saturated carbocycles. The first-order valence-electron chi connectivity index (χ1n) is 10.9. The van der Waals surface area contributed by atoms with Gasteiger partial charge in [0.2, 0.25) is 5.62 Å². The number of phenols is 1. The van der Waals surface area contributed by atoms with E-state index in [0.29, 0.717) is 12.1 Å². The molecule has 182 valence electrons. The van der Waals surface area contributed by atoms with Crippen molar-refractivity contribution in [1.29, 1.82) is 5.41 Å². The first-order chi connectivity index (χ1) is 16.1. The van der Waals surface area contributed by atoms with E-state index in [0.717, 1.165) is 22.7 Å². The fourth-order valence-electron chi connectivity index (χ4n) is 4.11. The Kier molecular flexibility index (Phi) is 7.30. The van der Waals surface area contributed by atoms with Crippen LogP contribution in [0.2, 0.25) is 0 Å². The summed E-state index contributed by atoms with van der Waals surface area (Å²) in [7, 11) is 0. The third-order valence-corrected chi connectivity index (χ3v) is 5.88. The van der Waals surface area contributed by atoms with Crippen molar-refractivity contribution in [1.82, 2.24) is 9.13 Å². The SMILES string of the molecule is Br.CC(C)(C)c1cc(C(=O)Cn2c(=N)n(Cc3ccccc3)c3ccccc32)cc([N+](=O)[O-])c1O. The Morgan fingerprint density at radius 2 is 1.57 bits per heavy atom. The second kappa shape index (κ2) is 9.87. The third kappa shape index (κ3) is 5.05. The van der Waals surface area contributed by atoms with Crippen molar-refractivity contribution in [2.24, 2.45) is 0 Å². The largest absolute Gasteiger partial charge is 0.502 e. The van der Waals surface area contributed by atoms with Crippen molar-refractivity contribution in [3.8, 4) is 5.75 Å². The smallest absolute Gasteiger partial charge is 0.311 e. The van der Waals surface area contributed by atoms with Crippen LogP contribution < -0.4 is 5.62 Å². The van der Waals surface area contributed by atoms with Crippen molar-refractivity contribution in [3.05, 3.63) is 99.2 Å². The summed E-state index contributed by atoms with van der Waals surface area (Å²) in [6.07, 6.45) is 0. The van der Waals surface area contributed by atoms with Crippen molar-refractivity contribution in [3.63, 3.8) is 0 Å². The minimum absolute atomic E-state index is 0. The van der Waals surface area contributed by atoms with Gasteiger partial charge in [-0.1, -0.05) is 63.2 Å². The Morgan fingerprint density at radius 1 is 1.00 bits per heavy atom. The molecule has 3 aromatic carbocycles. The molecule has 0 aliphatic heterocycles. The normalized spacial score (nSPS) is 11.3. The summed E-state index contributed by atoms with van der Waals surface area (Å²) in [6, 6.07) is 19.9. The van der Waals surface area contributed by atoms with Crippen LogP contribution >= 0.6 is 17.0 Å². The summed E-state index contributed by atoms with van der Waals surface area (Å²) in [5.74, 6) is -0.808. The first kappa shape index (κ1) is 25.9. The second-order valence-electron chi connectivity index (χ2n) is 9.29. The number of aromatic nitrogens is 2. The zero-order valence-corrected chi connectivity index (χ0v) is 21.4. The van der Waals surface area contributed by atoms with Crippen LogP contribution in [-0.2, 0) is 18.5 Å². The van der Waals surface area contributed by atoms with E-state index < -0.39 is 21.8 Å². The van der Waals surface area contributed by atoms with E-state index in [2.05, 4.69) is 0 Å². The van der Waals surface area contributed by atoms with Crippen LogP contribution in [0.4, 0.5) is 5.69 Å². The van der Waals surface area contributed by atoms with Crippen LogP contribution in [0.5, 0.6) is 5.75 Å². The van der Waals surface area contributed by atoms with Gasteiger partial charge in [0.25, 0.3) is 0 Å². The molecular weight excluding hydrogens is 512 g/mol. The van der Waals surface area contributed by atoms with E-state index >= 15 is 0 Å². The number of Topliss-reactive ketones (excluding diaryl/α,β-unsaturated/α-hetero) is 1. The molecule has 0 radical (unpaired) electrons. The number of imidazole rings is 1. The maximum Gasteiger partial charge on any atom is 0.311 e. The quantitative estimate of drug-likeness (QED) is 0.196. The highest BCUT2D eigenvalue weighted by atomic mass is 79.9. The topological polar surface area (TPSA) is 114 Å². The van der Waals surface area contributed by atoms with Gasteiger partial charge >= 0.3 is 5.69 Å². The summed E-state index contributed by atoms with van der Waals surface area (Å²) in [5.41, 5.74) is 2.07. The third-order valence-electron chi connectivity index (χ3n) is 5.88. The highest BCUT2D eigenvalue weighted by Gasteiger charge is 2.28. The van der Waals surface area contributed by atoms with Crippen LogP contribution in [0.3, 0.4) is 0 Å². The van der Waals surface area contributed by atoms with Gasteiger partial charge in [0.05, 0.1) is 29.0 Å². The average molecular weight is 539 g/mol. The summed E-state index contributed by atoms with van der Waals surface area (Å²) in [4.78, 5) is 24.2. The van der Waals surface area contributed by atoms with Crippen LogP contribution in [0, 0.1) is 15.5 Å². The first-order valence-corrected chi connectivity index (χ1v) is 10.9.